The van der Waals surface area contributed by atoms with Crippen LogP contribution in [-0.2, 0) is 14.3 Å². The topological polar surface area (TPSA) is 175 Å². The molecule has 5 amide bonds. The number of nitrogens with one attached hydrogen (secondary N) is 3. The van der Waals surface area contributed by atoms with Crippen LogP contribution in [0.2, 0.25) is 0 Å². The Labute approximate surface area is 332 Å². The van der Waals surface area contributed by atoms with Crippen LogP contribution in [0.4, 0.5) is 26.4 Å². The number of nitrogens with zero attached hydrogens (tertiary/aromatic N) is 5. The predicted octanol–water partition coefficient (Wildman–Crippen LogP) is 4.35. The molecule has 4 atom stereocenters. The average molecular weight is 789 g/mol. The van der Waals surface area contributed by atoms with Crippen molar-refractivity contribution in [3.05, 3.63) is 71.3 Å². The number of aromatic nitrogens is 2. The Kier molecular flexibility index (Phi) is 8.76. The van der Waals surface area contributed by atoms with Crippen LogP contribution in [0, 0.1) is 30.5 Å². The maximum atomic E-state index is 15.3. The van der Waals surface area contributed by atoms with Crippen LogP contribution < -0.4 is 25.6 Å². The molecule has 0 bridgehead atoms. The van der Waals surface area contributed by atoms with E-state index >= 15 is 4.39 Å². The number of imide groups is 2. The Morgan fingerprint density at radius 3 is 2.52 bits per heavy atom. The Bertz CT molecular complexity index is 2420. The van der Waals surface area contributed by atoms with Gasteiger partial charge in [-0.05, 0) is 79.5 Å². The molecule has 1 saturated carbocycles. The highest BCUT2D eigenvalue weighted by atomic mass is 19.1. The number of carbonyl (C=O) groups excluding carboxylic acids is 5. The number of carbonyl (C=O) groups is 5. The molecular formula is C42H41FN8O7. The number of piperidine rings is 3. The fourth-order valence-electron chi connectivity index (χ4n) is 9.47. The summed E-state index contributed by atoms with van der Waals surface area (Å²) in [6.45, 7) is 7.40. The molecule has 4 fully saturated rings. The average Bonchev–Trinajstić information content (AvgIpc) is 3.52. The number of anilines is 3. The normalized spacial score (nSPS) is 24.2. The largest absolute Gasteiger partial charge is 0.474 e. The van der Waals surface area contributed by atoms with Gasteiger partial charge in [0.15, 0.2) is 0 Å². The van der Waals surface area contributed by atoms with Crippen molar-refractivity contribution in [2.75, 3.05) is 61.4 Å². The molecule has 58 heavy (non-hydrogen) atoms. The van der Waals surface area contributed by atoms with E-state index in [1.807, 2.05) is 13.0 Å². The zero-order valence-electron chi connectivity index (χ0n) is 31.8. The first-order valence-corrected chi connectivity index (χ1v) is 19.9. The van der Waals surface area contributed by atoms with Crippen molar-refractivity contribution in [3.63, 3.8) is 0 Å². The highest BCUT2D eigenvalue weighted by molar-refractivity contribution is 6.23. The minimum absolute atomic E-state index is 0.0807. The van der Waals surface area contributed by atoms with Crippen LogP contribution in [0.3, 0.4) is 0 Å². The smallest absolute Gasteiger partial charge is 0.413 e. The lowest BCUT2D eigenvalue weighted by molar-refractivity contribution is -0.136. The lowest BCUT2D eigenvalue weighted by Gasteiger charge is -2.35. The molecule has 0 spiro atoms. The molecule has 3 N–H and O–H groups in total. The third kappa shape index (κ3) is 6.35. The Balaban J connectivity index is 0.702. The predicted molar refractivity (Wildman–Crippen MR) is 209 cm³/mol. The van der Waals surface area contributed by atoms with E-state index in [9.17, 15) is 24.0 Å². The van der Waals surface area contributed by atoms with Crippen molar-refractivity contribution in [2.24, 2.45) is 17.8 Å². The molecule has 0 radical (unpaired) electrons. The second-order valence-electron chi connectivity index (χ2n) is 16.1. The lowest BCUT2D eigenvalue weighted by Crippen LogP contribution is -2.54. The van der Waals surface area contributed by atoms with Crippen LogP contribution in [0.5, 0.6) is 5.88 Å². The summed E-state index contributed by atoms with van der Waals surface area (Å²) in [5.41, 5.74) is 4.08. The van der Waals surface area contributed by atoms with Gasteiger partial charge in [-0.15, -0.1) is 0 Å². The first-order valence-electron chi connectivity index (χ1n) is 19.9. The molecule has 4 aromatic rings. The summed E-state index contributed by atoms with van der Waals surface area (Å²) in [5, 5.41) is 9.61. The molecular weight excluding hydrogens is 748 g/mol. The minimum Gasteiger partial charge on any atom is -0.474 e. The zero-order chi connectivity index (χ0) is 39.8. The van der Waals surface area contributed by atoms with Crippen molar-refractivity contribution in [2.45, 2.75) is 44.8 Å². The van der Waals surface area contributed by atoms with E-state index in [0.29, 0.717) is 70.1 Å². The summed E-state index contributed by atoms with van der Waals surface area (Å²) in [6.07, 6.45) is 4.61. The second-order valence-corrected chi connectivity index (χ2v) is 16.1. The molecule has 15 nitrogen and oxygen atoms in total. The molecule has 16 heteroatoms. The number of hydrogen-bond acceptors (Lipinski definition) is 12. The van der Waals surface area contributed by atoms with Crippen LogP contribution in [0.1, 0.15) is 52.0 Å². The van der Waals surface area contributed by atoms with Crippen molar-refractivity contribution < 1.29 is 37.8 Å². The second kappa shape index (κ2) is 14.0. The third-order valence-corrected chi connectivity index (χ3v) is 12.6. The quantitative estimate of drug-likeness (QED) is 0.226. The fraction of sp³-hybridized carbons (Fsp3) is 0.405. The summed E-state index contributed by atoms with van der Waals surface area (Å²) in [7, 11) is 0. The standard InChI is InChI=1S/C42H41FN8O7/c1-21-29(17-46-39-36(21)44-8-11-57-39)27-12-23-14-34(45-16-24(23)13-32(27)43)47-42(56)58-37-30-19-49(20-31(30)37)18-22-6-9-50(10-7-22)25-2-3-26-28(15-25)41(55)51(40(26)54)33-4-5-35(52)48-38(33)53/h2-3,12-17,22,30-31,33,37,44H,4-11,18-20H2,1H3,(H,45,47,56)(H,48,52,53)/t30-,31+,33?,37?. The number of halogens is 1. The Morgan fingerprint density at radius 2 is 1.72 bits per heavy atom. The number of amides is 5. The molecule has 1 aliphatic carbocycles. The Hall–Kier alpha value is -6.16. The van der Waals surface area contributed by atoms with E-state index in [-0.39, 0.29) is 24.5 Å². The summed E-state index contributed by atoms with van der Waals surface area (Å²) in [6, 6.07) is 9.18. The number of benzene rings is 2. The molecule has 6 aliphatic rings. The van der Waals surface area contributed by atoms with Gasteiger partial charge >= 0.3 is 6.09 Å². The van der Waals surface area contributed by atoms with Gasteiger partial charge in [-0.3, -0.25) is 34.7 Å². The van der Waals surface area contributed by atoms with Crippen LogP contribution >= 0.6 is 0 Å². The number of likely N-dealkylation sites (tertiary alicyclic amines) is 1. The van der Waals surface area contributed by atoms with Gasteiger partial charge in [0.2, 0.25) is 17.7 Å². The first kappa shape index (κ1) is 36.2. The van der Waals surface area contributed by atoms with Gasteiger partial charge in [0.25, 0.3) is 11.8 Å². The number of rotatable bonds is 7. The van der Waals surface area contributed by atoms with E-state index in [1.165, 1.54) is 12.3 Å². The number of fused-ring (bicyclic) bond motifs is 4. The number of hydrogen-bond donors (Lipinski definition) is 3. The van der Waals surface area contributed by atoms with Gasteiger partial charge in [0.05, 0.1) is 11.1 Å². The van der Waals surface area contributed by atoms with Crippen LogP contribution in [0.25, 0.3) is 21.9 Å². The highest BCUT2D eigenvalue weighted by Crippen LogP contribution is 2.48. The SMILES string of the molecule is Cc1c(-c2cc3cc(NC(=O)OC4[C@H]5CN(CC6CCN(c7ccc8c(c7)C(=O)N(C7CCC(=O)NC7=O)C8=O)CC6)C[C@@H]45)ncc3cc2F)cnc2c1NCCO2. The van der Waals surface area contributed by atoms with Crippen molar-refractivity contribution in [1.82, 2.24) is 25.1 Å². The van der Waals surface area contributed by atoms with E-state index in [4.69, 9.17) is 9.47 Å². The molecule has 7 heterocycles. The Morgan fingerprint density at radius 1 is 0.931 bits per heavy atom. The van der Waals surface area contributed by atoms with Crippen molar-refractivity contribution >= 4 is 57.7 Å². The first-order chi connectivity index (χ1) is 28.1. The monoisotopic (exact) mass is 788 g/mol. The third-order valence-electron chi connectivity index (χ3n) is 12.6. The zero-order valence-corrected chi connectivity index (χ0v) is 31.8. The van der Waals surface area contributed by atoms with E-state index in [1.54, 1.807) is 30.5 Å². The maximum Gasteiger partial charge on any atom is 0.413 e. The van der Waals surface area contributed by atoms with Crippen LogP contribution in [-0.4, -0.2) is 108 Å². The molecule has 2 unspecified atom stereocenters. The number of ether oxygens (including phenoxy) is 2. The van der Waals surface area contributed by atoms with Gasteiger partial charge in [-0.25, -0.2) is 19.2 Å². The number of pyridine rings is 2. The summed E-state index contributed by atoms with van der Waals surface area (Å²) >= 11 is 0. The minimum atomic E-state index is -0.986. The van der Waals surface area contributed by atoms with E-state index in [0.717, 1.165) is 67.4 Å². The lowest BCUT2D eigenvalue weighted by atomic mass is 9.95. The maximum absolute atomic E-state index is 15.3. The molecule has 3 saturated heterocycles. The molecule has 2 aromatic heterocycles. The van der Waals surface area contributed by atoms with Gasteiger partial charge in [-0.1, -0.05) is 0 Å². The molecule has 5 aliphatic heterocycles. The van der Waals surface area contributed by atoms with Gasteiger partial charge in [-0.2, -0.15) is 0 Å². The van der Waals surface area contributed by atoms with Crippen molar-refractivity contribution in [1.29, 1.82) is 0 Å². The molecule has 298 valence electrons. The molecule has 2 aromatic carbocycles. The summed E-state index contributed by atoms with van der Waals surface area (Å²) in [4.78, 5) is 77.8. The summed E-state index contributed by atoms with van der Waals surface area (Å²) < 4.78 is 26.8. The highest BCUT2D eigenvalue weighted by Gasteiger charge is 2.58. The van der Waals surface area contributed by atoms with Gasteiger partial charge in [0.1, 0.15) is 36.1 Å². The van der Waals surface area contributed by atoms with E-state index < -0.39 is 41.6 Å². The fourth-order valence-corrected chi connectivity index (χ4v) is 9.47. The molecule has 10 rings (SSSR count). The summed E-state index contributed by atoms with van der Waals surface area (Å²) in [5.74, 6) is -0.510. The van der Waals surface area contributed by atoms with E-state index in [2.05, 4.69) is 35.7 Å². The van der Waals surface area contributed by atoms with Crippen molar-refractivity contribution in [3.8, 4) is 17.0 Å². The van der Waals surface area contributed by atoms with Gasteiger partial charge in [0, 0.05) is 92.1 Å². The van der Waals surface area contributed by atoms with Crippen LogP contribution in [0.15, 0.2) is 48.8 Å². The van der Waals surface area contributed by atoms with Gasteiger partial charge < -0.3 is 24.6 Å².